The number of aromatic nitrogens is 2. The zero-order chi connectivity index (χ0) is 21.3. The van der Waals surface area contributed by atoms with Crippen molar-refractivity contribution < 1.29 is 19.0 Å². The Hall–Kier alpha value is -3.23. The molecule has 1 heterocycles. The van der Waals surface area contributed by atoms with Gasteiger partial charge in [-0.25, -0.2) is 0 Å². The number of ether oxygens (including phenoxy) is 3. The van der Waals surface area contributed by atoms with Crippen molar-refractivity contribution in [1.82, 2.24) is 10.2 Å². The minimum absolute atomic E-state index is 0.189. The van der Waals surface area contributed by atoms with Crippen molar-refractivity contribution in [3.8, 4) is 22.1 Å². The second kappa shape index (κ2) is 10.5. The number of rotatable bonds is 9. The zero-order valence-electron chi connectivity index (χ0n) is 17.1. The predicted octanol–water partition coefficient (Wildman–Crippen LogP) is 3.92. The summed E-state index contributed by atoms with van der Waals surface area (Å²) in [6.45, 7) is 0.755. The van der Waals surface area contributed by atoms with E-state index in [0.717, 1.165) is 11.1 Å². The minimum atomic E-state index is -0.189. The summed E-state index contributed by atoms with van der Waals surface area (Å²) in [4.78, 5) is 14.4. The number of carbonyl (C=O) groups excluding carboxylic acids is 1. The third-order valence-electron chi connectivity index (χ3n) is 4.28. The number of hydrogen-bond donors (Lipinski definition) is 0. The van der Waals surface area contributed by atoms with E-state index in [2.05, 4.69) is 10.2 Å². The van der Waals surface area contributed by atoms with Gasteiger partial charge in [-0.1, -0.05) is 41.7 Å². The van der Waals surface area contributed by atoms with Gasteiger partial charge in [0.2, 0.25) is 5.13 Å². The van der Waals surface area contributed by atoms with Gasteiger partial charge in [0.15, 0.2) is 11.5 Å². The van der Waals surface area contributed by atoms with Crippen LogP contribution in [0.25, 0.3) is 16.6 Å². The summed E-state index contributed by atoms with van der Waals surface area (Å²) in [6, 6.07) is 15.2. The molecule has 0 bridgehead atoms. The molecule has 156 valence electrons. The normalized spacial score (nSPS) is 10.9. The standard InChI is InChI=1S/C22H23N3O4S/c1-27-14-13-25(20(26)12-9-16-7-5-4-6-8-16)22-24-23-21(30-22)17-10-11-18(28-2)19(15-17)29-3/h4-12,15H,13-14H2,1-3H3. The molecule has 7 nitrogen and oxygen atoms in total. The molecule has 1 amide bonds. The first kappa shape index (κ1) is 21.5. The van der Waals surface area contributed by atoms with Crippen molar-refractivity contribution in [2.45, 2.75) is 0 Å². The predicted molar refractivity (Wildman–Crippen MR) is 118 cm³/mol. The quantitative estimate of drug-likeness (QED) is 0.484. The van der Waals surface area contributed by atoms with Gasteiger partial charge in [-0.15, -0.1) is 10.2 Å². The Kier molecular flexibility index (Phi) is 7.53. The number of benzene rings is 2. The molecule has 0 saturated carbocycles. The fourth-order valence-corrected chi connectivity index (χ4v) is 3.59. The first-order valence-corrected chi connectivity index (χ1v) is 10.1. The Bertz CT molecular complexity index is 1000. The summed E-state index contributed by atoms with van der Waals surface area (Å²) in [5, 5.41) is 9.67. The first-order valence-electron chi connectivity index (χ1n) is 9.25. The summed E-state index contributed by atoms with van der Waals surface area (Å²) in [5.74, 6) is 1.05. The van der Waals surface area contributed by atoms with Gasteiger partial charge < -0.3 is 14.2 Å². The lowest BCUT2D eigenvalue weighted by Gasteiger charge is -2.16. The Labute approximate surface area is 179 Å². The molecule has 0 saturated heterocycles. The molecule has 30 heavy (non-hydrogen) atoms. The molecule has 0 aliphatic carbocycles. The minimum Gasteiger partial charge on any atom is -0.493 e. The smallest absolute Gasteiger partial charge is 0.252 e. The van der Waals surface area contributed by atoms with E-state index < -0.39 is 0 Å². The van der Waals surface area contributed by atoms with E-state index in [-0.39, 0.29) is 5.91 Å². The zero-order valence-corrected chi connectivity index (χ0v) is 17.9. The van der Waals surface area contributed by atoms with Crippen LogP contribution in [-0.2, 0) is 9.53 Å². The molecule has 0 aliphatic heterocycles. The maximum atomic E-state index is 12.8. The Morgan fingerprint density at radius 2 is 1.80 bits per heavy atom. The summed E-state index contributed by atoms with van der Waals surface area (Å²) in [6.07, 6.45) is 3.31. The maximum Gasteiger partial charge on any atom is 0.252 e. The van der Waals surface area contributed by atoms with Crippen LogP contribution in [0.15, 0.2) is 54.6 Å². The van der Waals surface area contributed by atoms with E-state index in [1.54, 1.807) is 32.3 Å². The Morgan fingerprint density at radius 1 is 1.03 bits per heavy atom. The molecule has 0 aliphatic rings. The molecule has 8 heteroatoms. The largest absolute Gasteiger partial charge is 0.493 e. The number of carbonyl (C=O) groups is 1. The number of nitrogens with zero attached hydrogens (tertiary/aromatic N) is 3. The summed E-state index contributed by atoms with van der Waals surface area (Å²) >= 11 is 1.32. The van der Waals surface area contributed by atoms with E-state index in [9.17, 15) is 4.79 Å². The number of amides is 1. The van der Waals surface area contributed by atoms with E-state index in [1.807, 2.05) is 48.5 Å². The highest BCUT2D eigenvalue weighted by molar-refractivity contribution is 7.18. The summed E-state index contributed by atoms with van der Waals surface area (Å²) < 4.78 is 15.8. The fraction of sp³-hybridized carbons (Fsp3) is 0.227. The van der Waals surface area contributed by atoms with Crippen molar-refractivity contribution >= 4 is 28.5 Å². The monoisotopic (exact) mass is 425 g/mol. The second-order valence-corrected chi connectivity index (χ2v) is 7.14. The van der Waals surface area contributed by atoms with Crippen LogP contribution >= 0.6 is 11.3 Å². The van der Waals surface area contributed by atoms with Crippen LogP contribution in [0.4, 0.5) is 5.13 Å². The number of methoxy groups -OCH3 is 3. The van der Waals surface area contributed by atoms with Gasteiger partial charge in [-0.05, 0) is 29.8 Å². The van der Waals surface area contributed by atoms with E-state index in [4.69, 9.17) is 14.2 Å². The van der Waals surface area contributed by atoms with Gasteiger partial charge in [-0.3, -0.25) is 9.69 Å². The lowest BCUT2D eigenvalue weighted by Crippen LogP contribution is -2.32. The van der Waals surface area contributed by atoms with Crippen molar-refractivity contribution in [1.29, 1.82) is 0 Å². The Balaban J connectivity index is 1.84. The Morgan fingerprint density at radius 3 is 2.50 bits per heavy atom. The van der Waals surface area contributed by atoms with Crippen LogP contribution in [0.1, 0.15) is 5.56 Å². The van der Waals surface area contributed by atoms with E-state index in [1.165, 1.54) is 17.4 Å². The van der Waals surface area contributed by atoms with Gasteiger partial charge in [0.25, 0.3) is 5.91 Å². The van der Waals surface area contributed by atoms with Gasteiger partial charge in [0, 0.05) is 18.7 Å². The van der Waals surface area contributed by atoms with Crippen LogP contribution in [0.2, 0.25) is 0 Å². The number of hydrogen-bond acceptors (Lipinski definition) is 7. The van der Waals surface area contributed by atoms with Gasteiger partial charge in [0.05, 0.1) is 27.4 Å². The first-order chi connectivity index (χ1) is 14.7. The summed E-state index contributed by atoms with van der Waals surface area (Å²) in [5.41, 5.74) is 1.77. The lowest BCUT2D eigenvalue weighted by atomic mass is 10.2. The maximum absolute atomic E-state index is 12.8. The molecule has 0 atom stereocenters. The van der Waals surface area contributed by atoms with Crippen molar-refractivity contribution in [3.63, 3.8) is 0 Å². The van der Waals surface area contributed by atoms with Gasteiger partial charge in [-0.2, -0.15) is 0 Å². The highest BCUT2D eigenvalue weighted by Crippen LogP contribution is 2.35. The van der Waals surface area contributed by atoms with Gasteiger partial charge in [0.1, 0.15) is 5.01 Å². The SMILES string of the molecule is COCCN(C(=O)C=Cc1ccccc1)c1nnc(-c2ccc(OC)c(OC)c2)s1. The molecule has 2 aromatic carbocycles. The second-order valence-electron chi connectivity index (χ2n) is 6.19. The third kappa shape index (κ3) is 5.22. The topological polar surface area (TPSA) is 73.8 Å². The third-order valence-corrected chi connectivity index (χ3v) is 5.27. The van der Waals surface area contributed by atoms with E-state index in [0.29, 0.717) is 34.8 Å². The average molecular weight is 426 g/mol. The van der Waals surface area contributed by atoms with Crippen LogP contribution in [0, 0.1) is 0 Å². The molecule has 0 unspecified atom stereocenters. The van der Waals surface area contributed by atoms with Gasteiger partial charge >= 0.3 is 0 Å². The average Bonchev–Trinajstić information content (AvgIpc) is 3.28. The molecule has 1 aromatic heterocycles. The van der Waals surface area contributed by atoms with Crippen LogP contribution in [-0.4, -0.2) is 50.6 Å². The van der Waals surface area contributed by atoms with E-state index >= 15 is 0 Å². The van der Waals surface area contributed by atoms with Crippen LogP contribution < -0.4 is 14.4 Å². The van der Waals surface area contributed by atoms with Crippen molar-refractivity contribution in [2.24, 2.45) is 0 Å². The molecule has 3 rings (SSSR count). The van der Waals surface area contributed by atoms with Crippen molar-refractivity contribution in [3.05, 3.63) is 60.2 Å². The molecule has 0 fully saturated rings. The number of anilines is 1. The van der Waals surface area contributed by atoms with Crippen LogP contribution in [0.3, 0.4) is 0 Å². The molecule has 3 aromatic rings. The lowest BCUT2D eigenvalue weighted by molar-refractivity contribution is -0.114. The van der Waals surface area contributed by atoms with Crippen LogP contribution in [0.5, 0.6) is 11.5 Å². The van der Waals surface area contributed by atoms with Crippen molar-refractivity contribution in [2.75, 3.05) is 39.4 Å². The fourth-order valence-electron chi connectivity index (χ4n) is 2.71. The molecule has 0 N–H and O–H groups in total. The molecule has 0 radical (unpaired) electrons. The molecular formula is C22H23N3O4S. The summed E-state index contributed by atoms with van der Waals surface area (Å²) in [7, 11) is 4.76. The molecule has 0 spiro atoms. The highest BCUT2D eigenvalue weighted by atomic mass is 32.1. The highest BCUT2D eigenvalue weighted by Gasteiger charge is 2.19. The molecular weight excluding hydrogens is 402 g/mol.